The molecule has 30 heavy (non-hydrogen) atoms. The van der Waals surface area contributed by atoms with Gasteiger partial charge in [-0.3, -0.25) is 4.79 Å². The molecule has 0 radical (unpaired) electrons. The number of hydrogen-bond acceptors (Lipinski definition) is 5. The number of hydrogen-bond donors (Lipinski definition) is 1. The number of nitrogens with zero attached hydrogens (tertiary/aromatic N) is 4. The van der Waals surface area contributed by atoms with Gasteiger partial charge in [-0.1, -0.05) is 30.3 Å². The molecule has 1 amide bonds. The van der Waals surface area contributed by atoms with Crippen molar-refractivity contribution in [2.45, 2.75) is 45.1 Å². The van der Waals surface area contributed by atoms with Crippen LogP contribution in [0.1, 0.15) is 37.4 Å². The van der Waals surface area contributed by atoms with E-state index in [2.05, 4.69) is 34.2 Å². The molecule has 3 heterocycles. The minimum atomic E-state index is 0.148. The van der Waals surface area contributed by atoms with Crippen molar-refractivity contribution in [3.05, 3.63) is 41.6 Å². The van der Waals surface area contributed by atoms with Crippen molar-refractivity contribution in [1.82, 2.24) is 20.2 Å². The van der Waals surface area contributed by atoms with Gasteiger partial charge in [0.2, 0.25) is 5.91 Å². The van der Waals surface area contributed by atoms with Gasteiger partial charge in [0, 0.05) is 61.5 Å². The molecular weight excluding hydrogens is 374 g/mol. The highest BCUT2D eigenvalue weighted by Gasteiger charge is 2.32. The Morgan fingerprint density at radius 2 is 1.87 bits per heavy atom. The van der Waals surface area contributed by atoms with Crippen molar-refractivity contribution < 1.29 is 4.79 Å². The number of carbonyl (C=O) groups excluding carboxylic acids is 1. The molecule has 6 heteroatoms. The molecule has 2 fully saturated rings. The van der Waals surface area contributed by atoms with E-state index in [1.54, 1.807) is 0 Å². The SMILES string of the molecule is C[C@H]1CN(C(=O)C2CCN(c3nc(-c4ccccc4)nc4c3CCC4)CC2)CCN1. The molecule has 0 bridgehead atoms. The summed E-state index contributed by atoms with van der Waals surface area (Å²) < 4.78 is 0. The lowest BCUT2D eigenvalue weighted by atomic mass is 9.94. The standard InChI is InChI=1S/C24H31N5O/c1-17-16-29(15-12-25-17)24(30)19-10-13-28(14-11-19)23-20-8-5-9-21(20)26-22(27-23)18-6-3-2-4-7-18/h2-4,6-7,17,19,25H,5,8-16H2,1H3/t17-/m0/s1. The summed E-state index contributed by atoms with van der Waals surface area (Å²) in [7, 11) is 0. The average Bonchev–Trinajstić information content (AvgIpc) is 3.27. The number of carbonyl (C=O) groups is 1. The third-order valence-electron chi connectivity index (χ3n) is 6.77. The van der Waals surface area contributed by atoms with E-state index >= 15 is 0 Å². The summed E-state index contributed by atoms with van der Waals surface area (Å²) >= 11 is 0. The summed E-state index contributed by atoms with van der Waals surface area (Å²) in [5.41, 5.74) is 3.62. The maximum absolute atomic E-state index is 13.0. The van der Waals surface area contributed by atoms with Gasteiger partial charge in [-0.05, 0) is 39.0 Å². The number of benzene rings is 1. The fourth-order valence-corrected chi connectivity index (χ4v) is 5.12. The highest BCUT2D eigenvalue weighted by molar-refractivity contribution is 5.79. The number of nitrogens with one attached hydrogen (secondary N) is 1. The predicted molar refractivity (Wildman–Crippen MR) is 118 cm³/mol. The van der Waals surface area contributed by atoms with E-state index in [1.165, 1.54) is 11.3 Å². The van der Waals surface area contributed by atoms with E-state index in [1.807, 2.05) is 18.2 Å². The third kappa shape index (κ3) is 3.81. The highest BCUT2D eigenvalue weighted by atomic mass is 16.2. The third-order valence-corrected chi connectivity index (χ3v) is 6.77. The molecule has 1 aromatic heterocycles. The molecule has 6 nitrogen and oxygen atoms in total. The first-order chi connectivity index (χ1) is 14.7. The summed E-state index contributed by atoms with van der Waals surface area (Å²) in [6.07, 6.45) is 5.09. The normalized spacial score (nSPS) is 22.2. The lowest BCUT2D eigenvalue weighted by Crippen LogP contribution is -2.53. The van der Waals surface area contributed by atoms with Crippen molar-refractivity contribution in [2.24, 2.45) is 5.92 Å². The van der Waals surface area contributed by atoms with E-state index in [9.17, 15) is 4.79 Å². The van der Waals surface area contributed by atoms with Gasteiger partial charge >= 0.3 is 0 Å². The summed E-state index contributed by atoms with van der Waals surface area (Å²) in [5.74, 6) is 2.44. The van der Waals surface area contributed by atoms with Crippen LogP contribution in [0, 0.1) is 5.92 Å². The second-order valence-electron chi connectivity index (χ2n) is 8.92. The van der Waals surface area contributed by atoms with Gasteiger partial charge in [0.25, 0.3) is 0 Å². The van der Waals surface area contributed by atoms with Crippen LogP contribution >= 0.6 is 0 Å². The second kappa shape index (κ2) is 8.34. The molecular formula is C24H31N5O. The van der Waals surface area contributed by atoms with Crippen LogP contribution in [-0.2, 0) is 17.6 Å². The van der Waals surface area contributed by atoms with E-state index < -0.39 is 0 Å². The van der Waals surface area contributed by atoms with Crippen LogP contribution < -0.4 is 10.2 Å². The number of anilines is 1. The smallest absolute Gasteiger partial charge is 0.225 e. The fourth-order valence-electron chi connectivity index (χ4n) is 5.12. The second-order valence-corrected chi connectivity index (χ2v) is 8.92. The molecule has 0 saturated carbocycles. The van der Waals surface area contributed by atoms with Crippen LogP contribution in [-0.4, -0.2) is 59.5 Å². The topological polar surface area (TPSA) is 61.4 Å². The van der Waals surface area contributed by atoms with Crippen molar-refractivity contribution in [3.63, 3.8) is 0 Å². The Balaban J connectivity index is 1.32. The minimum absolute atomic E-state index is 0.148. The Hall–Kier alpha value is -2.47. The molecule has 1 atom stereocenters. The van der Waals surface area contributed by atoms with Gasteiger partial charge in [-0.2, -0.15) is 0 Å². The number of aryl methyl sites for hydroxylation is 1. The molecule has 0 spiro atoms. The molecule has 2 aliphatic heterocycles. The molecule has 5 rings (SSSR count). The Morgan fingerprint density at radius 1 is 1.07 bits per heavy atom. The first-order valence-electron chi connectivity index (χ1n) is 11.4. The Bertz CT molecular complexity index is 907. The highest BCUT2D eigenvalue weighted by Crippen LogP contribution is 2.33. The zero-order valence-corrected chi connectivity index (χ0v) is 17.8. The summed E-state index contributed by atoms with van der Waals surface area (Å²) in [4.78, 5) is 27.4. The Morgan fingerprint density at radius 3 is 2.63 bits per heavy atom. The van der Waals surface area contributed by atoms with Crippen LogP contribution in [0.15, 0.2) is 30.3 Å². The summed E-state index contributed by atoms with van der Waals surface area (Å²) in [6.45, 7) is 6.52. The van der Waals surface area contributed by atoms with Gasteiger partial charge in [0.05, 0.1) is 0 Å². The van der Waals surface area contributed by atoms with Gasteiger partial charge in [-0.15, -0.1) is 0 Å². The fraction of sp³-hybridized carbons (Fsp3) is 0.542. The number of aromatic nitrogens is 2. The number of rotatable bonds is 3. The van der Waals surface area contributed by atoms with Crippen molar-refractivity contribution in [3.8, 4) is 11.4 Å². The lowest BCUT2D eigenvalue weighted by molar-refractivity contribution is -0.137. The lowest BCUT2D eigenvalue weighted by Gasteiger charge is -2.38. The van der Waals surface area contributed by atoms with Crippen LogP contribution in [0.5, 0.6) is 0 Å². The minimum Gasteiger partial charge on any atom is -0.356 e. The maximum Gasteiger partial charge on any atom is 0.225 e. The van der Waals surface area contributed by atoms with Gasteiger partial charge in [0.15, 0.2) is 5.82 Å². The number of fused-ring (bicyclic) bond motifs is 1. The van der Waals surface area contributed by atoms with Gasteiger partial charge in [-0.25, -0.2) is 9.97 Å². The van der Waals surface area contributed by atoms with Crippen molar-refractivity contribution >= 4 is 11.7 Å². The summed E-state index contributed by atoms with van der Waals surface area (Å²) in [5, 5.41) is 3.42. The largest absolute Gasteiger partial charge is 0.356 e. The predicted octanol–water partition coefficient (Wildman–Crippen LogP) is 2.67. The van der Waals surface area contributed by atoms with Crippen LogP contribution in [0.2, 0.25) is 0 Å². The number of piperidine rings is 1. The van der Waals surface area contributed by atoms with Crippen LogP contribution in [0.25, 0.3) is 11.4 Å². The first-order valence-corrected chi connectivity index (χ1v) is 11.4. The zero-order chi connectivity index (χ0) is 20.5. The van der Waals surface area contributed by atoms with Crippen molar-refractivity contribution in [2.75, 3.05) is 37.6 Å². The quantitative estimate of drug-likeness (QED) is 0.851. The van der Waals surface area contributed by atoms with Gasteiger partial charge < -0.3 is 15.1 Å². The van der Waals surface area contributed by atoms with Crippen molar-refractivity contribution in [1.29, 1.82) is 0 Å². The number of piperazine rings is 1. The zero-order valence-electron chi connectivity index (χ0n) is 17.8. The van der Waals surface area contributed by atoms with Crippen LogP contribution in [0.4, 0.5) is 5.82 Å². The Kier molecular flexibility index (Phi) is 5.42. The molecule has 0 unspecified atom stereocenters. The monoisotopic (exact) mass is 405 g/mol. The van der Waals surface area contributed by atoms with Gasteiger partial charge in [0.1, 0.15) is 5.82 Å². The number of amides is 1. The molecule has 158 valence electrons. The summed E-state index contributed by atoms with van der Waals surface area (Å²) in [6, 6.07) is 10.7. The van der Waals surface area contributed by atoms with Crippen LogP contribution in [0.3, 0.4) is 0 Å². The molecule has 1 N–H and O–H groups in total. The van der Waals surface area contributed by atoms with E-state index in [4.69, 9.17) is 9.97 Å². The molecule has 1 aliphatic carbocycles. The van der Waals surface area contributed by atoms with E-state index in [-0.39, 0.29) is 5.92 Å². The average molecular weight is 406 g/mol. The molecule has 2 aromatic rings. The van der Waals surface area contributed by atoms with E-state index in [0.717, 1.165) is 82.0 Å². The maximum atomic E-state index is 13.0. The Labute approximate surface area is 178 Å². The molecule has 1 aromatic carbocycles. The van der Waals surface area contributed by atoms with E-state index in [0.29, 0.717) is 11.9 Å². The molecule has 3 aliphatic rings. The first kappa shape index (κ1) is 19.5. The molecule has 2 saturated heterocycles.